The molecule has 7 nitrogen and oxygen atoms in total. The third-order valence-electron chi connectivity index (χ3n) is 4.23. The lowest BCUT2D eigenvalue weighted by atomic mass is 10.2. The molecule has 4 heterocycles. The van der Waals surface area contributed by atoms with E-state index in [1.165, 1.54) is 11.8 Å². The van der Waals surface area contributed by atoms with Gasteiger partial charge in [0.05, 0.1) is 17.4 Å². The number of pyridine rings is 1. The summed E-state index contributed by atoms with van der Waals surface area (Å²) in [5.74, 6) is 0. The first-order chi connectivity index (χ1) is 13.2. The van der Waals surface area contributed by atoms with Gasteiger partial charge in [-0.05, 0) is 60.6 Å². The molecule has 0 aliphatic carbocycles. The molecule has 0 N–H and O–H groups in total. The second kappa shape index (κ2) is 6.17. The molecule has 0 aliphatic heterocycles. The molecule has 0 aliphatic rings. The highest BCUT2D eigenvalue weighted by atomic mass is 32.2. The lowest BCUT2D eigenvalue weighted by molar-refractivity contribution is 0.767. The molecule has 0 saturated heterocycles. The van der Waals surface area contributed by atoms with Gasteiger partial charge in [0.25, 0.3) is 0 Å². The molecule has 27 heavy (non-hydrogen) atoms. The molecule has 0 bridgehead atoms. The molecular weight excluding hydrogens is 358 g/mol. The molecule has 5 rings (SSSR count). The second-order valence-corrected chi connectivity index (χ2v) is 7.38. The van der Waals surface area contributed by atoms with Gasteiger partial charge in [0.2, 0.25) is 5.16 Å². The number of fused-ring (bicyclic) bond motifs is 2. The highest BCUT2D eigenvalue weighted by molar-refractivity contribution is 7.99. The average molecular weight is 373 g/mol. The van der Waals surface area contributed by atoms with Crippen LogP contribution in [0.25, 0.3) is 27.8 Å². The van der Waals surface area contributed by atoms with E-state index >= 15 is 0 Å². The Balaban J connectivity index is 1.55. The fourth-order valence-corrected chi connectivity index (χ4v) is 3.76. The van der Waals surface area contributed by atoms with E-state index < -0.39 is 0 Å². The molecule has 8 heteroatoms. The van der Waals surface area contributed by atoms with Crippen molar-refractivity contribution in [2.75, 3.05) is 0 Å². The summed E-state index contributed by atoms with van der Waals surface area (Å²) >= 11 is 1.53. The first kappa shape index (κ1) is 16.0. The van der Waals surface area contributed by atoms with Crippen LogP contribution in [0.2, 0.25) is 0 Å². The van der Waals surface area contributed by atoms with Crippen molar-refractivity contribution in [1.29, 1.82) is 0 Å². The molecule has 0 spiro atoms. The van der Waals surface area contributed by atoms with Crippen LogP contribution in [-0.4, -0.2) is 34.6 Å². The predicted octanol–water partition coefficient (Wildman–Crippen LogP) is 3.53. The summed E-state index contributed by atoms with van der Waals surface area (Å²) < 4.78 is 3.53. The minimum atomic E-state index is 0.712. The van der Waals surface area contributed by atoms with E-state index in [9.17, 15) is 0 Å². The Labute approximate surface area is 159 Å². The Morgan fingerprint density at radius 1 is 1.00 bits per heavy atom. The van der Waals surface area contributed by atoms with Gasteiger partial charge in [0.1, 0.15) is 0 Å². The summed E-state index contributed by atoms with van der Waals surface area (Å²) in [5, 5.41) is 19.3. The second-order valence-electron chi connectivity index (χ2n) is 6.34. The molecule has 1 aromatic carbocycles. The van der Waals surface area contributed by atoms with Crippen molar-refractivity contribution in [3.8, 4) is 11.3 Å². The summed E-state index contributed by atoms with van der Waals surface area (Å²) in [6, 6.07) is 12.2. The maximum atomic E-state index is 4.70. The Kier molecular flexibility index (Phi) is 3.64. The molecular formula is C19H15N7S. The first-order valence-electron chi connectivity index (χ1n) is 8.41. The number of hydrogen-bond donors (Lipinski definition) is 0. The summed E-state index contributed by atoms with van der Waals surface area (Å²) in [6.45, 7) is 2.04. The van der Waals surface area contributed by atoms with Gasteiger partial charge in [-0.1, -0.05) is 0 Å². The third-order valence-corrected chi connectivity index (χ3v) is 5.16. The van der Waals surface area contributed by atoms with Crippen molar-refractivity contribution < 1.29 is 0 Å². The minimum absolute atomic E-state index is 0.712. The molecule has 4 aromatic heterocycles. The molecule has 0 amide bonds. The van der Waals surface area contributed by atoms with Crippen LogP contribution < -0.4 is 0 Å². The van der Waals surface area contributed by atoms with E-state index in [1.54, 1.807) is 15.4 Å². The number of aromatic nitrogens is 7. The van der Waals surface area contributed by atoms with Crippen molar-refractivity contribution >= 4 is 28.3 Å². The Morgan fingerprint density at radius 3 is 2.78 bits per heavy atom. The maximum Gasteiger partial charge on any atom is 0.217 e. The topological polar surface area (TPSA) is 73.8 Å². The minimum Gasteiger partial charge on any atom is -0.275 e. The van der Waals surface area contributed by atoms with Crippen molar-refractivity contribution in [2.45, 2.75) is 17.0 Å². The summed E-state index contributed by atoms with van der Waals surface area (Å²) in [5.41, 5.74) is 4.61. The summed E-state index contributed by atoms with van der Waals surface area (Å²) in [7, 11) is 1.89. The Morgan fingerprint density at radius 2 is 1.93 bits per heavy atom. The van der Waals surface area contributed by atoms with Crippen LogP contribution in [0.15, 0.2) is 65.0 Å². The largest absolute Gasteiger partial charge is 0.275 e. The molecule has 0 unspecified atom stereocenters. The number of rotatable bonds is 3. The van der Waals surface area contributed by atoms with Gasteiger partial charge in [-0.3, -0.25) is 9.67 Å². The zero-order chi connectivity index (χ0) is 18.4. The van der Waals surface area contributed by atoms with E-state index in [4.69, 9.17) is 5.10 Å². The van der Waals surface area contributed by atoms with E-state index in [2.05, 4.69) is 32.4 Å². The van der Waals surface area contributed by atoms with E-state index in [0.29, 0.717) is 5.65 Å². The Hall–Kier alpha value is -3.26. The summed E-state index contributed by atoms with van der Waals surface area (Å²) in [6.07, 6.45) is 5.61. The van der Waals surface area contributed by atoms with Gasteiger partial charge in [-0.25, -0.2) is 0 Å². The molecule has 0 radical (unpaired) electrons. The monoisotopic (exact) mass is 373 g/mol. The van der Waals surface area contributed by atoms with E-state index in [1.807, 2.05) is 50.6 Å². The van der Waals surface area contributed by atoms with Crippen LogP contribution in [0.5, 0.6) is 0 Å². The lowest BCUT2D eigenvalue weighted by Crippen LogP contribution is -1.96. The number of hydrogen-bond acceptors (Lipinski definition) is 6. The number of benzene rings is 1. The van der Waals surface area contributed by atoms with Gasteiger partial charge in [-0.15, -0.1) is 10.2 Å². The SMILES string of the molecule is Cc1cnc2ccc(Sc3nnc4ccc(-c5cnn(C)c5)nn34)cc2c1. The highest BCUT2D eigenvalue weighted by Crippen LogP contribution is 2.29. The molecule has 132 valence electrons. The lowest BCUT2D eigenvalue weighted by Gasteiger charge is -2.04. The van der Waals surface area contributed by atoms with Crippen molar-refractivity contribution in [3.63, 3.8) is 0 Å². The third kappa shape index (κ3) is 2.93. The molecule has 0 fully saturated rings. The smallest absolute Gasteiger partial charge is 0.217 e. The van der Waals surface area contributed by atoms with Gasteiger partial charge < -0.3 is 0 Å². The van der Waals surface area contributed by atoms with Crippen LogP contribution in [0.1, 0.15) is 5.56 Å². The van der Waals surface area contributed by atoms with Crippen molar-refractivity contribution in [2.24, 2.45) is 7.05 Å². The van der Waals surface area contributed by atoms with Gasteiger partial charge >= 0.3 is 0 Å². The number of aryl methyl sites for hydroxylation is 2. The van der Waals surface area contributed by atoms with Crippen LogP contribution in [-0.2, 0) is 7.05 Å². The van der Waals surface area contributed by atoms with Crippen LogP contribution in [0.4, 0.5) is 0 Å². The van der Waals surface area contributed by atoms with Gasteiger partial charge in [-0.2, -0.15) is 14.7 Å². The van der Waals surface area contributed by atoms with Gasteiger partial charge in [0, 0.05) is 35.3 Å². The van der Waals surface area contributed by atoms with Gasteiger partial charge in [0.15, 0.2) is 5.65 Å². The molecule has 5 aromatic rings. The quantitative estimate of drug-likeness (QED) is 0.482. The zero-order valence-electron chi connectivity index (χ0n) is 14.7. The maximum absolute atomic E-state index is 4.70. The van der Waals surface area contributed by atoms with E-state index in [-0.39, 0.29) is 0 Å². The van der Waals surface area contributed by atoms with Crippen molar-refractivity contribution in [1.82, 2.24) is 34.6 Å². The fraction of sp³-hybridized carbons (Fsp3) is 0.105. The zero-order valence-corrected chi connectivity index (χ0v) is 15.6. The molecule has 0 saturated carbocycles. The van der Waals surface area contributed by atoms with Crippen LogP contribution >= 0.6 is 11.8 Å². The van der Waals surface area contributed by atoms with Crippen LogP contribution in [0.3, 0.4) is 0 Å². The average Bonchev–Trinajstić information content (AvgIpc) is 3.27. The van der Waals surface area contributed by atoms with Crippen molar-refractivity contribution in [3.05, 3.63) is 60.6 Å². The fourth-order valence-electron chi connectivity index (χ4n) is 2.93. The first-order valence-corrected chi connectivity index (χ1v) is 9.23. The van der Waals surface area contributed by atoms with Crippen LogP contribution in [0, 0.1) is 6.92 Å². The normalized spacial score (nSPS) is 11.5. The number of nitrogens with zero attached hydrogens (tertiary/aromatic N) is 7. The standard InChI is InChI=1S/C19H15N7S/c1-12-7-13-8-15(3-4-16(13)20-9-12)27-19-23-22-18-6-5-17(24-26(18)19)14-10-21-25(2)11-14/h3-11H,1-2H3. The summed E-state index contributed by atoms with van der Waals surface area (Å²) in [4.78, 5) is 5.52. The van der Waals surface area contributed by atoms with E-state index in [0.717, 1.165) is 37.8 Å². The molecule has 0 atom stereocenters. The Bertz CT molecular complexity index is 1290. The predicted molar refractivity (Wildman–Crippen MR) is 104 cm³/mol. The highest BCUT2D eigenvalue weighted by Gasteiger charge is 2.11.